The molecule has 1 aromatic carbocycles. The van der Waals surface area contributed by atoms with Crippen LogP contribution in [0.25, 0.3) is 5.69 Å². The number of halogens is 2. The summed E-state index contributed by atoms with van der Waals surface area (Å²) in [4.78, 5) is 3.10. The van der Waals surface area contributed by atoms with Crippen molar-refractivity contribution in [2.45, 2.75) is 26.2 Å². The normalized spacial score (nSPS) is 11.8. The second-order valence-electron chi connectivity index (χ2n) is 5.16. The highest BCUT2D eigenvalue weighted by Gasteiger charge is 2.21. The van der Waals surface area contributed by atoms with E-state index in [4.69, 9.17) is 23.8 Å². The van der Waals surface area contributed by atoms with Gasteiger partial charge in [0.2, 0.25) is 0 Å². The summed E-state index contributed by atoms with van der Waals surface area (Å²) in [6.45, 7) is 6.46. The largest absolute Gasteiger partial charge is 0.337 e. The van der Waals surface area contributed by atoms with Gasteiger partial charge in [-0.25, -0.2) is 0 Å². The zero-order chi connectivity index (χ0) is 13.5. The minimum Gasteiger partial charge on any atom is -0.337 e. The third kappa shape index (κ3) is 2.65. The van der Waals surface area contributed by atoms with E-state index in [0.29, 0.717) is 9.79 Å². The van der Waals surface area contributed by atoms with E-state index >= 15 is 0 Å². The van der Waals surface area contributed by atoms with Gasteiger partial charge >= 0.3 is 0 Å². The average molecular weight is 393 g/mol. The monoisotopic (exact) mass is 392 g/mol. The van der Waals surface area contributed by atoms with Gasteiger partial charge in [-0.15, -0.1) is 0 Å². The van der Waals surface area contributed by atoms with Crippen LogP contribution in [-0.4, -0.2) is 9.55 Å². The smallest absolute Gasteiger partial charge is 0.182 e. The van der Waals surface area contributed by atoms with Gasteiger partial charge in [0.05, 0.1) is 10.7 Å². The third-order valence-electron chi connectivity index (χ3n) is 2.70. The van der Waals surface area contributed by atoms with E-state index in [1.165, 1.54) is 0 Å². The fourth-order valence-corrected chi connectivity index (χ4v) is 3.02. The Balaban J connectivity index is 2.71. The molecule has 0 atom stereocenters. The van der Waals surface area contributed by atoms with E-state index in [2.05, 4.69) is 48.3 Å². The van der Waals surface area contributed by atoms with Crippen molar-refractivity contribution < 1.29 is 0 Å². The quantitative estimate of drug-likeness (QED) is 0.529. The molecule has 0 radical (unpaired) electrons. The number of rotatable bonds is 1. The van der Waals surface area contributed by atoms with Gasteiger partial charge in [-0.3, -0.25) is 4.57 Å². The Morgan fingerprint density at radius 3 is 2.56 bits per heavy atom. The minimum atomic E-state index is -0.000114. The molecule has 0 bridgehead atoms. The van der Waals surface area contributed by atoms with Crippen molar-refractivity contribution in [1.82, 2.24) is 9.55 Å². The molecule has 1 heterocycles. The number of hydrogen-bond donors (Lipinski definition) is 1. The summed E-state index contributed by atoms with van der Waals surface area (Å²) in [5.41, 5.74) is 2.05. The standard InChI is InChI=1S/C13H14ClIN2S/c1-13(2,3)11-7-16-12(18)17(11)10-5-4-8(15)6-9(10)14/h4-7H,1-3H3,(H,16,18). The molecule has 0 fully saturated rings. The minimum absolute atomic E-state index is 0.000114. The van der Waals surface area contributed by atoms with E-state index in [1.54, 1.807) is 0 Å². The van der Waals surface area contributed by atoms with Crippen LogP contribution in [0.4, 0.5) is 0 Å². The second kappa shape index (κ2) is 4.98. The Morgan fingerprint density at radius 2 is 2.00 bits per heavy atom. The maximum Gasteiger partial charge on any atom is 0.182 e. The summed E-state index contributed by atoms with van der Waals surface area (Å²) >= 11 is 13.9. The molecular formula is C13H14ClIN2S. The topological polar surface area (TPSA) is 20.7 Å². The molecule has 0 unspecified atom stereocenters. The number of H-pyrrole nitrogens is 1. The van der Waals surface area contributed by atoms with Gasteiger partial charge in [-0.1, -0.05) is 32.4 Å². The maximum atomic E-state index is 6.33. The Morgan fingerprint density at radius 1 is 1.33 bits per heavy atom. The summed E-state index contributed by atoms with van der Waals surface area (Å²) in [6.07, 6.45) is 1.95. The van der Waals surface area contributed by atoms with E-state index < -0.39 is 0 Å². The first-order valence-corrected chi connectivity index (χ1v) is 7.43. The van der Waals surface area contributed by atoms with Gasteiger partial charge in [0.25, 0.3) is 0 Å². The SMILES string of the molecule is CC(C)(C)c1c[nH]c(=S)n1-c1ccc(I)cc1Cl. The zero-order valence-corrected chi connectivity index (χ0v) is 14.2. The van der Waals surface area contributed by atoms with Crippen molar-refractivity contribution in [2.75, 3.05) is 0 Å². The summed E-state index contributed by atoms with van der Waals surface area (Å²) in [7, 11) is 0. The lowest BCUT2D eigenvalue weighted by Gasteiger charge is -2.21. The highest BCUT2D eigenvalue weighted by Crippen LogP contribution is 2.29. The van der Waals surface area contributed by atoms with Gasteiger partial charge in [-0.05, 0) is 53.0 Å². The number of hydrogen-bond acceptors (Lipinski definition) is 1. The Kier molecular flexibility index (Phi) is 3.90. The molecule has 18 heavy (non-hydrogen) atoms. The van der Waals surface area contributed by atoms with Crippen LogP contribution in [0.3, 0.4) is 0 Å². The van der Waals surface area contributed by atoms with E-state index in [-0.39, 0.29) is 5.41 Å². The number of imidazole rings is 1. The summed E-state index contributed by atoms with van der Waals surface area (Å²) in [5.74, 6) is 0. The molecule has 1 N–H and O–H groups in total. The molecule has 0 aliphatic heterocycles. The van der Waals surface area contributed by atoms with Crippen molar-refractivity contribution in [3.05, 3.63) is 43.5 Å². The molecule has 96 valence electrons. The van der Waals surface area contributed by atoms with Crippen LogP contribution in [0.1, 0.15) is 26.5 Å². The molecule has 2 rings (SSSR count). The second-order valence-corrected chi connectivity index (χ2v) is 7.20. The van der Waals surface area contributed by atoms with Gasteiger partial charge in [0.1, 0.15) is 0 Å². The number of benzene rings is 1. The average Bonchev–Trinajstić information content (AvgIpc) is 2.60. The molecular weight excluding hydrogens is 379 g/mol. The number of aromatic nitrogens is 2. The summed E-state index contributed by atoms with van der Waals surface area (Å²) in [5, 5.41) is 0.711. The molecule has 1 aromatic heterocycles. The molecule has 5 heteroatoms. The molecule has 2 aromatic rings. The van der Waals surface area contributed by atoms with E-state index in [1.807, 2.05) is 29.0 Å². The van der Waals surface area contributed by atoms with E-state index in [9.17, 15) is 0 Å². The van der Waals surface area contributed by atoms with Crippen molar-refractivity contribution in [2.24, 2.45) is 0 Å². The van der Waals surface area contributed by atoms with Gasteiger partial charge in [-0.2, -0.15) is 0 Å². The Hall–Kier alpha value is -0.330. The van der Waals surface area contributed by atoms with Crippen LogP contribution in [-0.2, 0) is 5.41 Å². The third-order valence-corrected chi connectivity index (χ3v) is 3.97. The lowest BCUT2D eigenvalue weighted by Crippen LogP contribution is -2.17. The van der Waals surface area contributed by atoms with Crippen LogP contribution in [0.5, 0.6) is 0 Å². The molecule has 2 nitrogen and oxygen atoms in total. The van der Waals surface area contributed by atoms with E-state index in [0.717, 1.165) is 15.0 Å². The predicted molar refractivity (Wildman–Crippen MR) is 87.4 cm³/mol. The molecule has 0 spiro atoms. The van der Waals surface area contributed by atoms with Crippen LogP contribution < -0.4 is 0 Å². The lowest BCUT2D eigenvalue weighted by atomic mass is 9.92. The summed E-state index contributed by atoms with van der Waals surface area (Å²) in [6, 6.07) is 5.98. The molecule has 0 saturated heterocycles. The first kappa shape index (κ1) is 14.1. The molecule has 0 aliphatic rings. The number of nitrogens with zero attached hydrogens (tertiary/aromatic N) is 1. The molecule has 0 aliphatic carbocycles. The van der Waals surface area contributed by atoms with Crippen LogP contribution in [0, 0.1) is 8.34 Å². The number of nitrogens with one attached hydrogen (secondary N) is 1. The first-order valence-electron chi connectivity index (χ1n) is 5.57. The van der Waals surface area contributed by atoms with Crippen LogP contribution >= 0.6 is 46.4 Å². The van der Waals surface area contributed by atoms with Gasteiger partial charge in [0.15, 0.2) is 4.77 Å². The van der Waals surface area contributed by atoms with Crippen molar-refractivity contribution >= 4 is 46.4 Å². The number of aromatic amines is 1. The zero-order valence-electron chi connectivity index (χ0n) is 10.4. The maximum absolute atomic E-state index is 6.33. The van der Waals surface area contributed by atoms with Crippen molar-refractivity contribution in [3.8, 4) is 5.69 Å². The highest BCUT2D eigenvalue weighted by atomic mass is 127. The fraction of sp³-hybridized carbons (Fsp3) is 0.308. The first-order chi connectivity index (χ1) is 8.30. The van der Waals surface area contributed by atoms with Gasteiger partial charge in [0, 0.05) is 20.9 Å². The lowest BCUT2D eigenvalue weighted by molar-refractivity contribution is 0.556. The Labute approximate surface area is 131 Å². The Bertz CT molecular complexity index is 637. The fourth-order valence-electron chi connectivity index (χ4n) is 1.82. The van der Waals surface area contributed by atoms with Crippen LogP contribution in [0.2, 0.25) is 5.02 Å². The van der Waals surface area contributed by atoms with Crippen molar-refractivity contribution in [3.63, 3.8) is 0 Å². The highest BCUT2D eigenvalue weighted by molar-refractivity contribution is 14.1. The summed E-state index contributed by atoms with van der Waals surface area (Å²) < 4.78 is 3.79. The molecule has 0 saturated carbocycles. The molecule has 0 amide bonds. The van der Waals surface area contributed by atoms with Gasteiger partial charge < -0.3 is 4.98 Å². The van der Waals surface area contributed by atoms with Crippen molar-refractivity contribution in [1.29, 1.82) is 0 Å². The van der Waals surface area contributed by atoms with Crippen LogP contribution in [0.15, 0.2) is 24.4 Å². The predicted octanol–water partition coefficient (Wildman–Crippen LogP) is 5.09.